The van der Waals surface area contributed by atoms with Crippen LogP contribution in [0.25, 0.3) is 0 Å². The quantitative estimate of drug-likeness (QED) is 0.860. The van der Waals surface area contributed by atoms with Gasteiger partial charge in [-0.25, -0.2) is 4.39 Å². The number of nitrogens with one attached hydrogen (secondary N) is 1. The van der Waals surface area contributed by atoms with Gasteiger partial charge in [0.1, 0.15) is 5.82 Å². The molecule has 90 valence electrons. The van der Waals surface area contributed by atoms with Crippen LogP contribution < -0.4 is 5.32 Å². The Morgan fingerprint density at radius 2 is 2.29 bits per heavy atom. The monoisotopic (exact) mass is 297 g/mol. The molecule has 3 nitrogen and oxygen atoms in total. The highest BCUT2D eigenvalue weighted by Crippen LogP contribution is 2.17. The van der Waals surface area contributed by atoms with E-state index in [1.165, 1.54) is 12.1 Å². The number of rotatable bonds is 5. The number of hydrogen-bond donors (Lipinski definition) is 1. The number of halogens is 2. The van der Waals surface area contributed by atoms with Crippen LogP contribution in [0.2, 0.25) is 0 Å². The molecule has 1 heterocycles. The van der Waals surface area contributed by atoms with Gasteiger partial charge in [-0.2, -0.15) is 5.10 Å². The summed E-state index contributed by atoms with van der Waals surface area (Å²) in [5, 5.41) is 7.35. The fourth-order valence-corrected chi connectivity index (χ4v) is 1.91. The summed E-state index contributed by atoms with van der Waals surface area (Å²) < 4.78 is 15.8. The lowest BCUT2D eigenvalue weighted by Gasteiger charge is -2.07. The van der Waals surface area contributed by atoms with E-state index in [-0.39, 0.29) is 5.82 Å². The molecule has 0 aliphatic heterocycles. The van der Waals surface area contributed by atoms with Crippen molar-refractivity contribution in [2.45, 2.75) is 13.1 Å². The summed E-state index contributed by atoms with van der Waals surface area (Å²) >= 11 is 3.40. The summed E-state index contributed by atoms with van der Waals surface area (Å²) in [7, 11) is 0. The lowest BCUT2D eigenvalue weighted by atomic mass is 10.2. The van der Waals surface area contributed by atoms with Gasteiger partial charge in [-0.15, -0.1) is 0 Å². The van der Waals surface area contributed by atoms with Crippen LogP contribution in [0.5, 0.6) is 0 Å². The largest absolute Gasteiger partial charge is 0.311 e. The second-order valence-electron chi connectivity index (χ2n) is 3.68. The van der Waals surface area contributed by atoms with E-state index in [9.17, 15) is 4.39 Å². The van der Waals surface area contributed by atoms with Crippen molar-refractivity contribution in [1.82, 2.24) is 15.1 Å². The summed E-state index contributed by atoms with van der Waals surface area (Å²) in [6.07, 6.45) is 3.67. The minimum Gasteiger partial charge on any atom is -0.311 e. The summed E-state index contributed by atoms with van der Waals surface area (Å²) in [5.74, 6) is -0.211. The van der Waals surface area contributed by atoms with Gasteiger partial charge in [-0.1, -0.05) is 15.9 Å². The van der Waals surface area contributed by atoms with Crippen LogP contribution >= 0.6 is 15.9 Å². The molecular weight excluding hydrogens is 285 g/mol. The second-order valence-corrected chi connectivity index (χ2v) is 4.54. The second kappa shape index (κ2) is 5.93. The van der Waals surface area contributed by atoms with Crippen LogP contribution in [0.1, 0.15) is 5.56 Å². The van der Waals surface area contributed by atoms with Gasteiger partial charge in [0.2, 0.25) is 0 Å². The SMILES string of the molecule is Fc1ccc(Br)c(CNCCn2cccn2)c1. The molecule has 1 aromatic heterocycles. The van der Waals surface area contributed by atoms with Crippen LogP contribution in [0.4, 0.5) is 4.39 Å². The van der Waals surface area contributed by atoms with Crippen molar-refractivity contribution in [2.24, 2.45) is 0 Å². The zero-order valence-electron chi connectivity index (χ0n) is 9.24. The van der Waals surface area contributed by atoms with Crippen molar-refractivity contribution in [1.29, 1.82) is 0 Å². The van der Waals surface area contributed by atoms with Gasteiger partial charge in [-0.05, 0) is 29.8 Å². The third kappa shape index (κ3) is 3.64. The molecule has 0 aliphatic rings. The number of nitrogens with zero attached hydrogens (tertiary/aromatic N) is 2. The fraction of sp³-hybridized carbons (Fsp3) is 0.250. The normalized spacial score (nSPS) is 10.7. The Kier molecular flexibility index (Phi) is 4.28. The van der Waals surface area contributed by atoms with Crippen LogP contribution in [0.3, 0.4) is 0 Å². The maximum Gasteiger partial charge on any atom is 0.123 e. The standard InChI is InChI=1S/C12H13BrFN3/c13-12-3-2-11(14)8-10(12)9-15-5-7-17-6-1-4-16-17/h1-4,6,8,15H,5,7,9H2. The van der Waals surface area contributed by atoms with Crippen molar-refractivity contribution >= 4 is 15.9 Å². The van der Waals surface area contributed by atoms with E-state index in [2.05, 4.69) is 26.3 Å². The van der Waals surface area contributed by atoms with Gasteiger partial charge < -0.3 is 5.32 Å². The zero-order chi connectivity index (χ0) is 12.1. The molecular formula is C12H13BrFN3. The Balaban J connectivity index is 1.80. The van der Waals surface area contributed by atoms with Crippen LogP contribution in [-0.4, -0.2) is 16.3 Å². The molecule has 1 N–H and O–H groups in total. The van der Waals surface area contributed by atoms with E-state index in [4.69, 9.17) is 0 Å². The predicted octanol–water partition coefficient (Wildman–Crippen LogP) is 2.57. The summed E-state index contributed by atoms with van der Waals surface area (Å²) in [5.41, 5.74) is 0.922. The van der Waals surface area contributed by atoms with Gasteiger partial charge in [0.15, 0.2) is 0 Å². The van der Waals surface area contributed by atoms with Gasteiger partial charge in [0.05, 0.1) is 6.54 Å². The van der Waals surface area contributed by atoms with Crippen LogP contribution in [0.15, 0.2) is 41.1 Å². The third-order valence-corrected chi connectivity index (χ3v) is 3.17. The van der Waals surface area contributed by atoms with E-state index in [0.29, 0.717) is 6.54 Å². The molecule has 0 unspecified atom stereocenters. The van der Waals surface area contributed by atoms with Crippen LogP contribution in [0, 0.1) is 5.82 Å². The number of aromatic nitrogens is 2. The smallest absolute Gasteiger partial charge is 0.123 e. The molecule has 0 radical (unpaired) electrons. The van der Waals surface area contributed by atoms with Crippen molar-refractivity contribution in [2.75, 3.05) is 6.54 Å². The lowest BCUT2D eigenvalue weighted by molar-refractivity contribution is 0.552. The molecule has 0 bridgehead atoms. The molecule has 0 aliphatic carbocycles. The first-order chi connectivity index (χ1) is 8.25. The first-order valence-corrected chi connectivity index (χ1v) is 6.17. The van der Waals surface area contributed by atoms with E-state index < -0.39 is 0 Å². The average molecular weight is 298 g/mol. The lowest BCUT2D eigenvalue weighted by Crippen LogP contribution is -2.20. The average Bonchev–Trinajstić information content (AvgIpc) is 2.82. The number of hydrogen-bond acceptors (Lipinski definition) is 2. The molecule has 2 aromatic rings. The molecule has 0 spiro atoms. The summed E-state index contributed by atoms with van der Waals surface area (Å²) in [6.45, 7) is 2.24. The van der Waals surface area contributed by atoms with E-state index in [1.54, 1.807) is 12.3 Å². The maximum atomic E-state index is 13.0. The van der Waals surface area contributed by atoms with Gasteiger partial charge in [0.25, 0.3) is 0 Å². The van der Waals surface area contributed by atoms with Crippen molar-refractivity contribution in [3.05, 3.63) is 52.5 Å². The van der Waals surface area contributed by atoms with Crippen molar-refractivity contribution in [3.8, 4) is 0 Å². The Morgan fingerprint density at radius 1 is 1.41 bits per heavy atom. The van der Waals surface area contributed by atoms with Crippen molar-refractivity contribution < 1.29 is 4.39 Å². The molecule has 0 atom stereocenters. The summed E-state index contributed by atoms with van der Waals surface area (Å²) in [4.78, 5) is 0. The highest BCUT2D eigenvalue weighted by molar-refractivity contribution is 9.10. The molecule has 2 rings (SSSR count). The van der Waals surface area contributed by atoms with Gasteiger partial charge in [-0.3, -0.25) is 4.68 Å². The van der Waals surface area contributed by atoms with E-state index in [0.717, 1.165) is 23.1 Å². The molecule has 0 amide bonds. The topological polar surface area (TPSA) is 29.9 Å². The minimum absolute atomic E-state index is 0.211. The number of benzene rings is 1. The highest BCUT2D eigenvalue weighted by Gasteiger charge is 2.01. The highest BCUT2D eigenvalue weighted by atomic mass is 79.9. The molecule has 0 fully saturated rings. The first-order valence-electron chi connectivity index (χ1n) is 5.38. The van der Waals surface area contributed by atoms with Gasteiger partial charge >= 0.3 is 0 Å². The van der Waals surface area contributed by atoms with E-state index in [1.807, 2.05) is 16.9 Å². The van der Waals surface area contributed by atoms with Crippen molar-refractivity contribution in [3.63, 3.8) is 0 Å². The molecule has 0 saturated carbocycles. The molecule has 0 saturated heterocycles. The molecule has 5 heteroatoms. The Hall–Kier alpha value is -1.20. The Bertz CT molecular complexity index is 471. The fourth-order valence-electron chi connectivity index (χ4n) is 1.53. The predicted molar refractivity (Wildman–Crippen MR) is 68.0 cm³/mol. The van der Waals surface area contributed by atoms with Crippen LogP contribution in [-0.2, 0) is 13.1 Å². The van der Waals surface area contributed by atoms with E-state index >= 15 is 0 Å². The molecule has 1 aromatic carbocycles. The third-order valence-electron chi connectivity index (χ3n) is 2.40. The zero-order valence-corrected chi connectivity index (χ0v) is 10.8. The Morgan fingerprint density at radius 3 is 3.06 bits per heavy atom. The molecule has 17 heavy (non-hydrogen) atoms. The first kappa shape index (κ1) is 12.3. The Labute approximate surface area is 108 Å². The van der Waals surface area contributed by atoms with Gasteiger partial charge in [0, 0.05) is 30.0 Å². The maximum absolute atomic E-state index is 13.0. The minimum atomic E-state index is -0.211. The summed E-state index contributed by atoms with van der Waals surface area (Å²) in [6, 6.07) is 6.59.